The lowest BCUT2D eigenvalue weighted by atomic mass is 10.2. The van der Waals surface area contributed by atoms with Gasteiger partial charge in [0.1, 0.15) is 12.2 Å². The molecule has 0 saturated carbocycles. The van der Waals surface area contributed by atoms with Crippen molar-refractivity contribution in [3.8, 4) is 5.75 Å². The van der Waals surface area contributed by atoms with Crippen molar-refractivity contribution in [2.24, 2.45) is 0 Å². The second-order valence-corrected chi connectivity index (χ2v) is 6.66. The van der Waals surface area contributed by atoms with Gasteiger partial charge < -0.3 is 26.2 Å². The monoisotopic (exact) mass is 393 g/mol. The molecule has 0 atom stereocenters. The van der Waals surface area contributed by atoms with E-state index in [-0.39, 0.29) is 17.0 Å². The first-order chi connectivity index (χ1) is 10.8. The number of aryl methyl sites for hydroxylation is 1. The molecule has 0 bridgehead atoms. The molecule has 6 heteroatoms. The van der Waals surface area contributed by atoms with Gasteiger partial charge in [0, 0.05) is 18.9 Å². The van der Waals surface area contributed by atoms with Gasteiger partial charge in [-0.2, -0.15) is 0 Å². The van der Waals surface area contributed by atoms with E-state index in [2.05, 4.69) is 26.1 Å². The number of pyridine rings is 1. The molecule has 0 aliphatic carbocycles. The second kappa shape index (κ2) is 8.26. The Bertz CT molecular complexity index is 681. The number of carbonyl (C=O) groups excluding carboxylic acids is 1. The predicted molar refractivity (Wildman–Crippen MR) is 91.6 cm³/mol. The fourth-order valence-corrected chi connectivity index (χ4v) is 2.12. The first kappa shape index (κ1) is 20.1. The van der Waals surface area contributed by atoms with Crippen LogP contribution in [-0.4, -0.2) is 43.8 Å². The third kappa shape index (κ3) is 5.62. The van der Waals surface area contributed by atoms with E-state index in [1.54, 1.807) is 25.4 Å². The zero-order valence-corrected chi connectivity index (χ0v) is 16.4. The Balaban J connectivity index is 0.00000288. The zero-order chi connectivity index (χ0) is 17.0. The SMILES string of the molecule is Cc1ccc(N(C)C(=O)Oc2cccnc2C[N+](C)(C)C)cc1.[Br-]. The number of carbonyl (C=O) groups is 1. The molecule has 0 aliphatic heterocycles. The number of benzene rings is 1. The molecule has 5 nitrogen and oxygen atoms in total. The van der Waals surface area contributed by atoms with Crippen molar-refractivity contribution >= 4 is 11.8 Å². The van der Waals surface area contributed by atoms with Gasteiger partial charge in [0.05, 0.1) is 21.1 Å². The average Bonchev–Trinajstić information content (AvgIpc) is 2.48. The topological polar surface area (TPSA) is 42.4 Å². The molecule has 0 fully saturated rings. The minimum Gasteiger partial charge on any atom is -1.00 e. The molecule has 2 aromatic rings. The van der Waals surface area contributed by atoms with Crippen LogP contribution in [0.3, 0.4) is 0 Å². The quantitative estimate of drug-likeness (QED) is 0.698. The molecule has 0 aliphatic rings. The van der Waals surface area contributed by atoms with Crippen molar-refractivity contribution in [3.05, 3.63) is 53.9 Å². The molecule has 1 amide bonds. The van der Waals surface area contributed by atoms with Crippen LogP contribution >= 0.6 is 0 Å². The molecule has 130 valence electrons. The molecule has 0 radical (unpaired) electrons. The molecule has 0 unspecified atom stereocenters. The maximum atomic E-state index is 12.4. The van der Waals surface area contributed by atoms with Crippen molar-refractivity contribution in [3.63, 3.8) is 0 Å². The highest BCUT2D eigenvalue weighted by molar-refractivity contribution is 5.88. The average molecular weight is 394 g/mol. The fraction of sp³-hybridized carbons (Fsp3) is 0.333. The lowest BCUT2D eigenvalue weighted by Crippen LogP contribution is -3.00. The highest BCUT2D eigenvalue weighted by atomic mass is 79.9. The van der Waals surface area contributed by atoms with Crippen LogP contribution in [0.5, 0.6) is 5.75 Å². The maximum Gasteiger partial charge on any atom is 0.419 e. The van der Waals surface area contributed by atoms with Crippen LogP contribution < -0.4 is 26.6 Å². The molecule has 1 aromatic heterocycles. The van der Waals surface area contributed by atoms with E-state index in [1.165, 1.54) is 4.90 Å². The third-order valence-corrected chi connectivity index (χ3v) is 3.36. The molecule has 0 saturated heterocycles. The van der Waals surface area contributed by atoms with Gasteiger partial charge in [-0.1, -0.05) is 17.7 Å². The Labute approximate surface area is 154 Å². The standard InChI is InChI=1S/C18H24N3O2.BrH/c1-14-8-10-15(11-9-14)20(2)18(22)23-17-7-6-12-19-16(17)13-21(3,4)5;/h6-12H,13H2,1-5H3;1H/q+1;/p-1. The molecule has 1 heterocycles. The number of aromatic nitrogens is 1. The van der Waals surface area contributed by atoms with E-state index in [4.69, 9.17) is 4.74 Å². The van der Waals surface area contributed by atoms with Crippen molar-refractivity contribution in [2.75, 3.05) is 33.1 Å². The van der Waals surface area contributed by atoms with Gasteiger partial charge >= 0.3 is 6.09 Å². The van der Waals surface area contributed by atoms with Gasteiger partial charge in [-0.3, -0.25) is 9.88 Å². The number of rotatable bonds is 4. The van der Waals surface area contributed by atoms with Gasteiger partial charge in [-0.05, 0) is 31.2 Å². The summed E-state index contributed by atoms with van der Waals surface area (Å²) in [5.41, 5.74) is 2.70. The van der Waals surface area contributed by atoms with Crippen LogP contribution in [0, 0.1) is 6.92 Å². The van der Waals surface area contributed by atoms with Gasteiger partial charge in [-0.15, -0.1) is 0 Å². The fourth-order valence-electron chi connectivity index (χ4n) is 2.12. The Kier molecular flexibility index (Phi) is 6.93. The highest BCUT2D eigenvalue weighted by Gasteiger charge is 2.19. The summed E-state index contributed by atoms with van der Waals surface area (Å²) in [6, 6.07) is 11.3. The van der Waals surface area contributed by atoms with E-state index in [9.17, 15) is 4.79 Å². The normalized spacial score (nSPS) is 10.7. The van der Waals surface area contributed by atoms with Crippen LogP contribution in [0.4, 0.5) is 10.5 Å². The minimum absolute atomic E-state index is 0. The van der Waals surface area contributed by atoms with Crippen molar-refractivity contribution < 1.29 is 31.0 Å². The Morgan fingerprint density at radius 3 is 2.38 bits per heavy atom. The van der Waals surface area contributed by atoms with E-state index < -0.39 is 6.09 Å². The largest absolute Gasteiger partial charge is 1.00 e. The Morgan fingerprint density at radius 1 is 1.17 bits per heavy atom. The van der Waals surface area contributed by atoms with E-state index in [0.29, 0.717) is 16.8 Å². The number of anilines is 1. The molecule has 2 rings (SSSR count). The number of hydrogen-bond donors (Lipinski definition) is 0. The molecule has 1 aromatic carbocycles. The van der Waals surface area contributed by atoms with E-state index >= 15 is 0 Å². The number of ether oxygens (including phenoxy) is 1. The second-order valence-electron chi connectivity index (χ2n) is 6.66. The summed E-state index contributed by atoms with van der Waals surface area (Å²) in [6.07, 6.45) is 1.29. The molecule has 0 spiro atoms. The van der Waals surface area contributed by atoms with Crippen LogP contribution in [0.15, 0.2) is 42.6 Å². The lowest BCUT2D eigenvalue weighted by Gasteiger charge is -2.24. The van der Waals surface area contributed by atoms with Gasteiger partial charge in [0.15, 0.2) is 5.75 Å². The van der Waals surface area contributed by atoms with E-state index in [1.807, 2.05) is 31.2 Å². The van der Waals surface area contributed by atoms with Gasteiger partial charge in [-0.25, -0.2) is 4.79 Å². The Morgan fingerprint density at radius 2 is 1.79 bits per heavy atom. The number of quaternary nitrogens is 1. The van der Waals surface area contributed by atoms with Crippen LogP contribution in [0.25, 0.3) is 0 Å². The number of halogens is 1. The number of amides is 1. The first-order valence-electron chi connectivity index (χ1n) is 7.53. The highest BCUT2D eigenvalue weighted by Crippen LogP contribution is 2.21. The lowest BCUT2D eigenvalue weighted by molar-refractivity contribution is -0.884. The molecular weight excluding hydrogens is 370 g/mol. The number of hydrogen-bond acceptors (Lipinski definition) is 3. The molecule has 24 heavy (non-hydrogen) atoms. The summed E-state index contributed by atoms with van der Waals surface area (Å²) in [5, 5.41) is 0. The van der Waals surface area contributed by atoms with Crippen LogP contribution in [0.2, 0.25) is 0 Å². The molecule has 0 N–H and O–H groups in total. The zero-order valence-electron chi connectivity index (χ0n) is 14.8. The van der Waals surface area contributed by atoms with Crippen molar-refractivity contribution in [2.45, 2.75) is 13.5 Å². The minimum atomic E-state index is -0.426. The number of nitrogens with zero attached hydrogens (tertiary/aromatic N) is 3. The Hall–Kier alpha value is -1.92. The summed E-state index contributed by atoms with van der Waals surface area (Å²) in [6.45, 7) is 2.69. The van der Waals surface area contributed by atoms with Crippen LogP contribution in [-0.2, 0) is 6.54 Å². The summed E-state index contributed by atoms with van der Waals surface area (Å²) in [4.78, 5) is 18.2. The van der Waals surface area contributed by atoms with Crippen LogP contribution in [0.1, 0.15) is 11.3 Å². The predicted octanol–water partition coefficient (Wildman–Crippen LogP) is 0.235. The third-order valence-electron chi connectivity index (χ3n) is 3.36. The maximum absolute atomic E-state index is 12.4. The summed E-state index contributed by atoms with van der Waals surface area (Å²) in [7, 11) is 7.90. The van der Waals surface area contributed by atoms with Crippen molar-refractivity contribution in [1.82, 2.24) is 4.98 Å². The van der Waals surface area contributed by atoms with Crippen molar-refractivity contribution in [1.29, 1.82) is 0 Å². The molecular formula is C18H24BrN3O2. The smallest absolute Gasteiger partial charge is 0.419 e. The summed E-state index contributed by atoms with van der Waals surface area (Å²) < 4.78 is 6.26. The summed E-state index contributed by atoms with van der Waals surface area (Å²) >= 11 is 0. The van der Waals surface area contributed by atoms with Gasteiger partial charge in [0.2, 0.25) is 0 Å². The van der Waals surface area contributed by atoms with Gasteiger partial charge in [0.25, 0.3) is 0 Å². The first-order valence-corrected chi connectivity index (χ1v) is 7.53. The van der Waals surface area contributed by atoms with E-state index in [0.717, 1.165) is 16.9 Å². The summed E-state index contributed by atoms with van der Waals surface area (Å²) in [5.74, 6) is 0.504.